The predicted octanol–water partition coefficient (Wildman–Crippen LogP) is 1.60. The summed E-state index contributed by atoms with van der Waals surface area (Å²) in [5.41, 5.74) is 1.80. The zero-order valence-corrected chi connectivity index (χ0v) is 10.1. The lowest BCUT2D eigenvalue weighted by Gasteiger charge is -2.05. The van der Waals surface area contributed by atoms with Gasteiger partial charge in [-0.05, 0) is 23.8 Å². The van der Waals surface area contributed by atoms with E-state index >= 15 is 0 Å². The van der Waals surface area contributed by atoms with E-state index in [0.717, 1.165) is 16.9 Å². The number of rotatable bonds is 5. The standard InChI is InChI=1S/C13H14N2O3/c1-17-9-13(16)15-7-10-5-11(8-14-6-10)12-3-2-4-18-12/h2-6,8H,7,9H2,1H3,(H,15,16). The fourth-order valence-corrected chi connectivity index (χ4v) is 1.54. The molecular formula is C13H14N2O3. The number of carbonyl (C=O) groups excluding carboxylic acids is 1. The summed E-state index contributed by atoms with van der Waals surface area (Å²) in [6, 6.07) is 5.62. The Morgan fingerprint density at radius 2 is 2.39 bits per heavy atom. The number of hydrogen-bond acceptors (Lipinski definition) is 4. The van der Waals surface area contributed by atoms with E-state index in [1.165, 1.54) is 7.11 Å². The van der Waals surface area contributed by atoms with Crippen molar-refractivity contribution in [3.63, 3.8) is 0 Å². The van der Waals surface area contributed by atoms with Gasteiger partial charge in [0.25, 0.3) is 0 Å². The molecule has 0 fully saturated rings. The molecule has 0 saturated heterocycles. The van der Waals surface area contributed by atoms with Gasteiger partial charge in [0.15, 0.2) is 0 Å². The highest BCUT2D eigenvalue weighted by atomic mass is 16.5. The molecule has 2 aromatic heterocycles. The average Bonchev–Trinajstić information content (AvgIpc) is 2.91. The lowest BCUT2D eigenvalue weighted by atomic mass is 10.1. The molecule has 1 N–H and O–H groups in total. The van der Waals surface area contributed by atoms with E-state index in [9.17, 15) is 4.79 Å². The predicted molar refractivity (Wildman–Crippen MR) is 65.7 cm³/mol. The molecule has 0 bridgehead atoms. The van der Waals surface area contributed by atoms with Gasteiger partial charge in [0.05, 0.1) is 6.26 Å². The molecule has 5 heteroatoms. The van der Waals surface area contributed by atoms with Gasteiger partial charge in [0.1, 0.15) is 12.4 Å². The Morgan fingerprint density at radius 3 is 3.11 bits per heavy atom. The molecule has 0 aromatic carbocycles. The molecule has 18 heavy (non-hydrogen) atoms. The van der Waals surface area contributed by atoms with Gasteiger partial charge >= 0.3 is 0 Å². The van der Waals surface area contributed by atoms with Gasteiger partial charge in [-0.15, -0.1) is 0 Å². The largest absolute Gasteiger partial charge is 0.464 e. The summed E-state index contributed by atoms with van der Waals surface area (Å²) in [6.07, 6.45) is 5.04. The van der Waals surface area contributed by atoms with Crippen molar-refractivity contribution in [1.82, 2.24) is 10.3 Å². The quantitative estimate of drug-likeness (QED) is 0.870. The molecule has 0 radical (unpaired) electrons. The van der Waals surface area contributed by atoms with E-state index in [1.54, 1.807) is 18.7 Å². The Hall–Kier alpha value is -2.14. The maximum Gasteiger partial charge on any atom is 0.246 e. The molecule has 0 aliphatic rings. The van der Waals surface area contributed by atoms with E-state index < -0.39 is 0 Å². The second-order valence-corrected chi connectivity index (χ2v) is 3.77. The van der Waals surface area contributed by atoms with Crippen molar-refractivity contribution in [1.29, 1.82) is 0 Å². The van der Waals surface area contributed by atoms with Gasteiger partial charge < -0.3 is 14.5 Å². The topological polar surface area (TPSA) is 64.4 Å². The molecule has 2 heterocycles. The minimum Gasteiger partial charge on any atom is -0.464 e. The van der Waals surface area contributed by atoms with Gasteiger partial charge in [0, 0.05) is 31.6 Å². The third-order valence-electron chi connectivity index (χ3n) is 2.37. The number of amides is 1. The van der Waals surface area contributed by atoms with Gasteiger partial charge in [-0.2, -0.15) is 0 Å². The SMILES string of the molecule is COCC(=O)NCc1cncc(-c2ccco2)c1. The van der Waals surface area contributed by atoms with E-state index in [0.29, 0.717) is 6.54 Å². The van der Waals surface area contributed by atoms with Gasteiger partial charge in [-0.3, -0.25) is 9.78 Å². The van der Waals surface area contributed by atoms with Gasteiger partial charge in [-0.25, -0.2) is 0 Å². The molecule has 0 aliphatic carbocycles. The van der Waals surface area contributed by atoms with Crippen molar-refractivity contribution in [2.45, 2.75) is 6.54 Å². The van der Waals surface area contributed by atoms with Crippen molar-refractivity contribution in [2.24, 2.45) is 0 Å². The normalized spacial score (nSPS) is 10.3. The van der Waals surface area contributed by atoms with Crippen LogP contribution in [0.2, 0.25) is 0 Å². The minimum atomic E-state index is -0.152. The molecule has 0 unspecified atom stereocenters. The van der Waals surface area contributed by atoms with Crippen LogP contribution in [0.5, 0.6) is 0 Å². The summed E-state index contributed by atoms with van der Waals surface area (Å²) >= 11 is 0. The summed E-state index contributed by atoms with van der Waals surface area (Å²) in [7, 11) is 1.48. The highest BCUT2D eigenvalue weighted by molar-refractivity contribution is 5.77. The van der Waals surface area contributed by atoms with Crippen LogP contribution in [0.1, 0.15) is 5.56 Å². The second-order valence-electron chi connectivity index (χ2n) is 3.77. The number of hydrogen-bond donors (Lipinski definition) is 1. The average molecular weight is 246 g/mol. The van der Waals surface area contributed by atoms with Crippen LogP contribution in [0.4, 0.5) is 0 Å². The Bertz CT molecular complexity index is 509. The lowest BCUT2D eigenvalue weighted by molar-refractivity contribution is -0.124. The fraction of sp³-hybridized carbons (Fsp3) is 0.231. The summed E-state index contributed by atoms with van der Waals surface area (Å²) in [4.78, 5) is 15.4. The Kier molecular flexibility index (Phi) is 4.09. The number of ether oxygens (including phenoxy) is 1. The molecule has 5 nitrogen and oxygen atoms in total. The molecule has 0 atom stereocenters. The van der Waals surface area contributed by atoms with Crippen LogP contribution in [0, 0.1) is 0 Å². The number of carbonyl (C=O) groups is 1. The van der Waals surface area contributed by atoms with Crippen LogP contribution in [-0.4, -0.2) is 24.6 Å². The highest BCUT2D eigenvalue weighted by Crippen LogP contribution is 2.19. The van der Waals surface area contributed by atoms with Crippen LogP contribution in [0.15, 0.2) is 41.3 Å². The molecule has 1 amide bonds. The molecule has 0 saturated carbocycles. The molecule has 2 aromatic rings. The Balaban J connectivity index is 2.02. The van der Waals surface area contributed by atoms with Crippen LogP contribution in [0.3, 0.4) is 0 Å². The smallest absolute Gasteiger partial charge is 0.246 e. The fourth-order valence-electron chi connectivity index (χ4n) is 1.54. The number of methoxy groups -OCH3 is 1. The summed E-state index contributed by atoms with van der Waals surface area (Å²) < 4.78 is 10.0. The maximum absolute atomic E-state index is 11.3. The van der Waals surface area contributed by atoms with Crippen molar-refractivity contribution in [2.75, 3.05) is 13.7 Å². The van der Waals surface area contributed by atoms with Crippen molar-refractivity contribution in [3.8, 4) is 11.3 Å². The number of aromatic nitrogens is 1. The van der Waals surface area contributed by atoms with Crippen LogP contribution in [0.25, 0.3) is 11.3 Å². The van der Waals surface area contributed by atoms with E-state index in [1.807, 2.05) is 18.2 Å². The zero-order valence-electron chi connectivity index (χ0n) is 10.1. The van der Waals surface area contributed by atoms with Crippen molar-refractivity contribution in [3.05, 3.63) is 42.4 Å². The molecular weight excluding hydrogens is 232 g/mol. The molecule has 2 rings (SSSR count). The highest BCUT2D eigenvalue weighted by Gasteiger charge is 2.04. The monoisotopic (exact) mass is 246 g/mol. The second kappa shape index (κ2) is 5.97. The first-order valence-electron chi connectivity index (χ1n) is 5.53. The summed E-state index contributed by atoms with van der Waals surface area (Å²) in [5, 5.41) is 2.74. The Labute approximate surface area is 105 Å². The van der Waals surface area contributed by atoms with Gasteiger partial charge in [0.2, 0.25) is 5.91 Å². The zero-order chi connectivity index (χ0) is 12.8. The first-order valence-corrected chi connectivity index (χ1v) is 5.53. The third kappa shape index (κ3) is 3.18. The first kappa shape index (κ1) is 12.3. The maximum atomic E-state index is 11.3. The minimum absolute atomic E-state index is 0.0608. The lowest BCUT2D eigenvalue weighted by Crippen LogP contribution is -2.26. The molecule has 0 spiro atoms. The number of nitrogens with one attached hydrogen (secondary N) is 1. The van der Waals surface area contributed by atoms with E-state index in [2.05, 4.69) is 10.3 Å². The van der Waals surface area contributed by atoms with E-state index in [4.69, 9.17) is 9.15 Å². The molecule has 0 aliphatic heterocycles. The Morgan fingerprint density at radius 1 is 1.50 bits per heavy atom. The summed E-state index contributed by atoms with van der Waals surface area (Å²) in [6.45, 7) is 0.481. The third-order valence-corrected chi connectivity index (χ3v) is 2.37. The van der Waals surface area contributed by atoms with Crippen LogP contribution < -0.4 is 5.32 Å². The number of furan rings is 1. The van der Waals surface area contributed by atoms with E-state index in [-0.39, 0.29) is 12.5 Å². The first-order chi connectivity index (χ1) is 8.79. The van der Waals surface area contributed by atoms with Crippen LogP contribution in [-0.2, 0) is 16.1 Å². The van der Waals surface area contributed by atoms with Crippen molar-refractivity contribution >= 4 is 5.91 Å². The molecule has 94 valence electrons. The van der Waals surface area contributed by atoms with Gasteiger partial charge in [-0.1, -0.05) is 0 Å². The number of pyridine rings is 1. The number of nitrogens with zero attached hydrogens (tertiary/aromatic N) is 1. The summed E-state index contributed by atoms with van der Waals surface area (Å²) in [5.74, 6) is 0.605. The van der Waals surface area contributed by atoms with Crippen LogP contribution >= 0.6 is 0 Å². The van der Waals surface area contributed by atoms with Crippen molar-refractivity contribution < 1.29 is 13.9 Å².